The fourth-order valence-electron chi connectivity index (χ4n) is 7.93. The summed E-state index contributed by atoms with van der Waals surface area (Å²) in [6, 6.07) is 3.44. The van der Waals surface area contributed by atoms with E-state index in [1.54, 1.807) is 12.1 Å². The highest BCUT2D eigenvalue weighted by Crippen LogP contribution is 2.43. The van der Waals surface area contributed by atoms with Gasteiger partial charge in [0.05, 0.1) is 6.61 Å². The summed E-state index contributed by atoms with van der Waals surface area (Å²) in [5.41, 5.74) is 0.525. The van der Waals surface area contributed by atoms with Gasteiger partial charge < -0.3 is 4.74 Å². The molecular weight excluding hydrogens is 462 g/mol. The second-order valence-corrected chi connectivity index (χ2v) is 13.1. The first kappa shape index (κ1) is 28.9. The Morgan fingerprint density at radius 1 is 0.622 bits per heavy atom. The van der Waals surface area contributed by atoms with Crippen LogP contribution >= 0.6 is 0 Å². The zero-order valence-corrected chi connectivity index (χ0v) is 23.9. The largest absolute Gasteiger partial charge is 0.490 e. The van der Waals surface area contributed by atoms with E-state index in [9.17, 15) is 8.78 Å². The highest BCUT2D eigenvalue weighted by atomic mass is 19.2. The SMILES string of the molecule is CCCCC1CCC(C2CCC(CCc3ccc(OCC4CCC(CCC)CC4)c(F)c3F)CC2)CC1. The molecule has 210 valence electrons. The van der Waals surface area contributed by atoms with Crippen LogP contribution in [0.2, 0.25) is 0 Å². The van der Waals surface area contributed by atoms with Crippen molar-refractivity contribution in [3.63, 3.8) is 0 Å². The summed E-state index contributed by atoms with van der Waals surface area (Å²) < 4.78 is 35.5. The number of ether oxygens (including phenoxy) is 1. The minimum Gasteiger partial charge on any atom is -0.490 e. The first-order valence-corrected chi connectivity index (χ1v) is 16.2. The van der Waals surface area contributed by atoms with E-state index in [-0.39, 0.29) is 5.75 Å². The smallest absolute Gasteiger partial charge is 0.200 e. The van der Waals surface area contributed by atoms with Crippen LogP contribution in [0.1, 0.15) is 135 Å². The third-order valence-electron chi connectivity index (χ3n) is 10.5. The Morgan fingerprint density at radius 3 is 1.76 bits per heavy atom. The van der Waals surface area contributed by atoms with Gasteiger partial charge in [0.2, 0.25) is 5.82 Å². The van der Waals surface area contributed by atoms with Crippen LogP contribution in [0.4, 0.5) is 8.78 Å². The van der Waals surface area contributed by atoms with E-state index in [0.29, 0.717) is 30.4 Å². The number of hydrogen-bond acceptors (Lipinski definition) is 1. The second kappa shape index (κ2) is 14.9. The average molecular weight is 517 g/mol. The van der Waals surface area contributed by atoms with Gasteiger partial charge >= 0.3 is 0 Å². The van der Waals surface area contributed by atoms with E-state index in [1.165, 1.54) is 96.3 Å². The van der Waals surface area contributed by atoms with Gasteiger partial charge in [0.15, 0.2) is 11.6 Å². The Labute approximate surface area is 226 Å². The molecule has 1 aromatic carbocycles. The van der Waals surface area contributed by atoms with Crippen LogP contribution < -0.4 is 4.74 Å². The molecule has 0 saturated heterocycles. The van der Waals surface area contributed by atoms with Gasteiger partial charge in [-0.3, -0.25) is 0 Å². The van der Waals surface area contributed by atoms with Gasteiger partial charge in [-0.1, -0.05) is 90.5 Å². The zero-order valence-electron chi connectivity index (χ0n) is 23.9. The number of benzene rings is 1. The number of halogens is 2. The van der Waals surface area contributed by atoms with Crippen molar-refractivity contribution in [3.8, 4) is 5.75 Å². The molecule has 3 fully saturated rings. The highest BCUT2D eigenvalue weighted by Gasteiger charge is 2.31. The molecule has 0 aromatic heterocycles. The maximum Gasteiger partial charge on any atom is 0.200 e. The zero-order chi connectivity index (χ0) is 26.0. The number of hydrogen-bond donors (Lipinski definition) is 0. The highest BCUT2D eigenvalue weighted by molar-refractivity contribution is 5.31. The third kappa shape index (κ3) is 8.43. The van der Waals surface area contributed by atoms with Gasteiger partial charge in [-0.2, -0.15) is 4.39 Å². The maximum atomic E-state index is 14.9. The maximum absolute atomic E-state index is 14.9. The Bertz CT molecular complexity index is 783. The van der Waals surface area contributed by atoms with Gasteiger partial charge in [-0.15, -0.1) is 0 Å². The molecule has 0 amide bonds. The van der Waals surface area contributed by atoms with E-state index >= 15 is 0 Å². The minimum absolute atomic E-state index is 0.0989. The molecule has 0 heterocycles. The average Bonchev–Trinajstić information content (AvgIpc) is 2.94. The van der Waals surface area contributed by atoms with Crippen molar-refractivity contribution >= 4 is 0 Å². The van der Waals surface area contributed by atoms with E-state index < -0.39 is 11.6 Å². The predicted octanol–water partition coefficient (Wildman–Crippen LogP) is 10.7. The fraction of sp³-hybridized carbons (Fsp3) is 0.824. The molecule has 1 aromatic rings. The molecule has 0 N–H and O–H groups in total. The minimum atomic E-state index is -0.782. The third-order valence-corrected chi connectivity index (χ3v) is 10.5. The molecule has 0 spiro atoms. The standard InChI is InChI=1S/C34H54F2O/c1-3-5-7-26-12-17-29(18-13-26)30-19-14-27(15-20-30)16-21-31-22-23-32(34(36)33(31)35)37-24-28-10-8-25(6-4-2)9-11-28/h22-23,25-30H,3-21,24H2,1-2H3. The van der Waals surface area contributed by atoms with E-state index in [4.69, 9.17) is 4.74 Å². The molecule has 0 unspecified atom stereocenters. The molecule has 4 rings (SSSR count). The quantitative estimate of drug-likeness (QED) is 0.268. The first-order valence-electron chi connectivity index (χ1n) is 16.2. The number of aryl methyl sites for hydroxylation is 1. The van der Waals surface area contributed by atoms with Crippen molar-refractivity contribution in [3.05, 3.63) is 29.3 Å². The lowest BCUT2D eigenvalue weighted by Gasteiger charge is -2.38. The number of unbranched alkanes of at least 4 members (excludes halogenated alkanes) is 1. The van der Waals surface area contributed by atoms with Crippen molar-refractivity contribution in [1.29, 1.82) is 0 Å². The fourth-order valence-corrected chi connectivity index (χ4v) is 7.93. The van der Waals surface area contributed by atoms with Crippen LogP contribution in [0.25, 0.3) is 0 Å². The van der Waals surface area contributed by atoms with Crippen LogP contribution in [-0.2, 0) is 6.42 Å². The summed E-state index contributed by atoms with van der Waals surface area (Å²) in [5, 5.41) is 0. The molecule has 0 aliphatic heterocycles. The Balaban J connectivity index is 1.16. The van der Waals surface area contributed by atoms with Crippen LogP contribution in [-0.4, -0.2) is 6.61 Å². The molecule has 0 atom stereocenters. The summed E-state index contributed by atoms with van der Waals surface area (Å²) in [4.78, 5) is 0. The second-order valence-electron chi connectivity index (χ2n) is 13.1. The van der Waals surface area contributed by atoms with Crippen LogP contribution in [0.3, 0.4) is 0 Å². The summed E-state index contributed by atoms with van der Waals surface area (Å²) >= 11 is 0. The van der Waals surface area contributed by atoms with Crippen molar-refractivity contribution < 1.29 is 13.5 Å². The monoisotopic (exact) mass is 516 g/mol. The molecule has 3 saturated carbocycles. The lowest BCUT2D eigenvalue weighted by Crippen LogP contribution is -2.26. The lowest BCUT2D eigenvalue weighted by atomic mass is 9.68. The van der Waals surface area contributed by atoms with E-state index in [2.05, 4.69) is 13.8 Å². The van der Waals surface area contributed by atoms with Gasteiger partial charge in [0.1, 0.15) is 0 Å². The van der Waals surface area contributed by atoms with E-state index in [1.807, 2.05) is 0 Å². The summed E-state index contributed by atoms with van der Waals surface area (Å²) in [6.07, 6.45) is 24.2. The van der Waals surface area contributed by atoms with Crippen LogP contribution in [0, 0.1) is 47.1 Å². The molecule has 37 heavy (non-hydrogen) atoms. The lowest BCUT2D eigenvalue weighted by molar-refractivity contribution is 0.140. The van der Waals surface area contributed by atoms with Crippen LogP contribution in [0.15, 0.2) is 12.1 Å². The Hall–Kier alpha value is -1.12. The molecule has 3 heteroatoms. The molecule has 3 aliphatic carbocycles. The molecule has 3 aliphatic rings. The topological polar surface area (TPSA) is 9.23 Å². The van der Waals surface area contributed by atoms with Gasteiger partial charge in [-0.05, 0) is 98.5 Å². The van der Waals surface area contributed by atoms with Gasteiger partial charge in [-0.25, -0.2) is 4.39 Å². The van der Waals surface area contributed by atoms with Crippen molar-refractivity contribution in [1.82, 2.24) is 0 Å². The molecular formula is C34H54F2O. The van der Waals surface area contributed by atoms with Crippen molar-refractivity contribution in [2.75, 3.05) is 6.61 Å². The summed E-state index contributed by atoms with van der Waals surface area (Å²) in [6.45, 7) is 5.07. The van der Waals surface area contributed by atoms with Gasteiger partial charge in [0, 0.05) is 0 Å². The van der Waals surface area contributed by atoms with E-state index in [0.717, 1.165) is 42.9 Å². The Kier molecular flexibility index (Phi) is 11.6. The molecule has 0 bridgehead atoms. The predicted molar refractivity (Wildman–Crippen MR) is 151 cm³/mol. The van der Waals surface area contributed by atoms with Crippen LogP contribution in [0.5, 0.6) is 5.75 Å². The summed E-state index contributed by atoms with van der Waals surface area (Å²) in [7, 11) is 0. The van der Waals surface area contributed by atoms with Crippen molar-refractivity contribution in [2.45, 2.75) is 136 Å². The first-order chi connectivity index (χ1) is 18.1. The van der Waals surface area contributed by atoms with Crippen molar-refractivity contribution in [2.24, 2.45) is 35.5 Å². The Morgan fingerprint density at radius 2 is 1.16 bits per heavy atom. The van der Waals surface area contributed by atoms with Gasteiger partial charge in [0.25, 0.3) is 0 Å². The molecule has 1 nitrogen and oxygen atoms in total. The summed E-state index contributed by atoms with van der Waals surface area (Å²) in [5.74, 6) is 3.47. The normalized spacial score (nSPS) is 30.8. The molecule has 0 radical (unpaired) electrons. The number of rotatable bonds is 12.